The highest BCUT2D eigenvalue weighted by Gasteiger charge is 2.61. The zero-order valence-electron chi connectivity index (χ0n) is 11.5. The monoisotopic (exact) mass is 298 g/mol. The summed E-state index contributed by atoms with van der Waals surface area (Å²) >= 11 is 0. The van der Waals surface area contributed by atoms with E-state index in [2.05, 4.69) is 4.98 Å². The molecule has 0 amide bonds. The van der Waals surface area contributed by atoms with Crippen LogP contribution in [-0.4, -0.2) is 9.55 Å². The number of hydrogen-bond acceptors (Lipinski definition) is 1. The van der Waals surface area contributed by atoms with Crippen LogP contribution in [0.1, 0.15) is 43.1 Å². The van der Waals surface area contributed by atoms with Gasteiger partial charge in [-0.3, -0.25) is 0 Å². The van der Waals surface area contributed by atoms with Crippen LogP contribution in [0.5, 0.6) is 0 Å². The number of hydrogen-bond donors (Lipinski definition) is 0. The van der Waals surface area contributed by atoms with Crippen LogP contribution >= 0.6 is 0 Å². The largest absolute Gasteiger partial charge is 0.321 e. The van der Waals surface area contributed by atoms with Gasteiger partial charge < -0.3 is 4.57 Å². The van der Waals surface area contributed by atoms with Crippen molar-refractivity contribution in [3.63, 3.8) is 0 Å². The Morgan fingerprint density at radius 1 is 1.19 bits per heavy atom. The molecule has 0 radical (unpaired) electrons. The lowest BCUT2D eigenvalue weighted by Crippen LogP contribution is -2.35. The van der Waals surface area contributed by atoms with Gasteiger partial charge in [-0.05, 0) is 5.56 Å². The van der Waals surface area contributed by atoms with Crippen LogP contribution in [0.25, 0.3) is 0 Å². The molecular weight excluding hydrogens is 284 g/mol. The number of imidazole rings is 1. The number of aromatic nitrogens is 2. The van der Waals surface area contributed by atoms with Crippen LogP contribution < -0.4 is 0 Å². The Hall–Kier alpha value is -1.85. The van der Waals surface area contributed by atoms with Crippen molar-refractivity contribution in [3.8, 4) is 0 Å². The molecule has 0 N–H and O–H groups in total. The summed E-state index contributed by atoms with van der Waals surface area (Å²) in [6.45, 7) is 2.79. The maximum absolute atomic E-state index is 14.7. The molecule has 1 aliphatic rings. The summed E-state index contributed by atoms with van der Waals surface area (Å²) in [4.78, 5) is 3.71. The minimum atomic E-state index is -3.10. The fraction of sp³-hybridized carbons (Fsp3) is 0.400. The number of alkyl halides is 4. The van der Waals surface area contributed by atoms with Gasteiger partial charge in [-0.1, -0.05) is 38.1 Å². The summed E-state index contributed by atoms with van der Waals surface area (Å²) in [5.74, 6) is -3.10. The summed E-state index contributed by atoms with van der Waals surface area (Å²) in [6, 6.07) is 5.22. The molecule has 1 aromatic carbocycles. The lowest BCUT2D eigenvalue weighted by Gasteiger charge is -2.34. The van der Waals surface area contributed by atoms with Gasteiger partial charge in [-0.15, -0.1) is 0 Å². The lowest BCUT2D eigenvalue weighted by atomic mass is 9.82. The Morgan fingerprint density at radius 3 is 2.52 bits per heavy atom. The summed E-state index contributed by atoms with van der Waals surface area (Å²) in [5, 5.41) is 0. The quantitative estimate of drug-likeness (QED) is 0.744. The van der Waals surface area contributed by atoms with E-state index >= 15 is 0 Å². The third kappa shape index (κ3) is 1.74. The molecule has 0 unspecified atom stereocenters. The van der Waals surface area contributed by atoms with Crippen molar-refractivity contribution in [3.05, 3.63) is 53.6 Å². The first kappa shape index (κ1) is 14.1. The van der Waals surface area contributed by atoms with E-state index in [1.807, 2.05) is 0 Å². The molecule has 2 nitrogen and oxygen atoms in total. The van der Waals surface area contributed by atoms with E-state index in [0.29, 0.717) is 5.56 Å². The summed E-state index contributed by atoms with van der Waals surface area (Å²) in [6.07, 6.45) is -0.531. The first-order valence-electron chi connectivity index (χ1n) is 6.55. The van der Waals surface area contributed by atoms with Crippen LogP contribution in [0.2, 0.25) is 0 Å². The first-order valence-corrected chi connectivity index (χ1v) is 6.55. The summed E-state index contributed by atoms with van der Waals surface area (Å²) in [7, 11) is 0. The maximum Gasteiger partial charge on any atom is 0.280 e. The van der Waals surface area contributed by atoms with E-state index in [1.54, 1.807) is 12.1 Å². The molecule has 6 heteroatoms. The zero-order chi connectivity index (χ0) is 15.4. The molecule has 0 spiro atoms. The van der Waals surface area contributed by atoms with Crippen molar-refractivity contribution in [2.75, 3.05) is 0 Å². The second-order valence-electron chi connectivity index (χ2n) is 5.81. The molecule has 1 aliphatic carbocycles. The Labute approximate surface area is 119 Å². The smallest absolute Gasteiger partial charge is 0.280 e. The topological polar surface area (TPSA) is 17.8 Å². The normalized spacial score (nSPS) is 22.5. The van der Waals surface area contributed by atoms with Crippen molar-refractivity contribution in [2.45, 2.75) is 32.2 Å². The number of fused-ring (bicyclic) bond motifs is 1. The predicted octanol–water partition coefficient (Wildman–Crippen LogP) is 4.54. The molecule has 1 atom stereocenters. The molecule has 21 heavy (non-hydrogen) atoms. The highest BCUT2D eigenvalue weighted by Crippen LogP contribution is 2.61. The number of rotatable bonds is 2. The van der Waals surface area contributed by atoms with E-state index < -0.39 is 23.8 Å². The Kier molecular flexibility index (Phi) is 2.90. The van der Waals surface area contributed by atoms with Gasteiger partial charge in [-0.2, -0.15) is 0 Å². The molecule has 0 saturated carbocycles. The van der Waals surface area contributed by atoms with E-state index in [1.165, 1.54) is 36.9 Å². The second kappa shape index (κ2) is 4.32. The van der Waals surface area contributed by atoms with Crippen molar-refractivity contribution in [1.29, 1.82) is 0 Å². The molecule has 0 aliphatic heterocycles. The third-order valence-electron chi connectivity index (χ3n) is 4.28. The van der Waals surface area contributed by atoms with Gasteiger partial charge in [0.25, 0.3) is 12.3 Å². The fourth-order valence-corrected chi connectivity index (χ4v) is 3.13. The van der Waals surface area contributed by atoms with Gasteiger partial charge in [0.05, 0.1) is 24.0 Å². The molecule has 0 saturated heterocycles. The molecule has 1 heterocycles. The van der Waals surface area contributed by atoms with Crippen LogP contribution in [0.4, 0.5) is 17.6 Å². The van der Waals surface area contributed by atoms with Crippen molar-refractivity contribution < 1.29 is 17.6 Å². The maximum atomic E-state index is 14.7. The van der Waals surface area contributed by atoms with Crippen LogP contribution in [0.15, 0.2) is 36.8 Å². The number of benzene rings is 1. The fourth-order valence-electron chi connectivity index (χ4n) is 3.13. The molecule has 0 bridgehead atoms. The first-order chi connectivity index (χ1) is 9.78. The SMILES string of the molecule is CC1(C)[C@@H](n2cncc2C(F)F)c2ccccc2C1(F)F. The minimum Gasteiger partial charge on any atom is -0.321 e. The molecule has 0 fully saturated rings. The van der Waals surface area contributed by atoms with E-state index in [9.17, 15) is 17.6 Å². The molecule has 1 aromatic heterocycles. The number of halogens is 4. The average Bonchev–Trinajstić information content (AvgIpc) is 2.92. The van der Waals surface area contributed by atoms with Crippen LogP contribution in [0, 0.1) is 5.41 Å². The molecular formula is C15H14F4N2. The average molecular weight is 298 g/mol. The zero-order valence-corrected chi connectivity index (χ0v) is 11.5. The van der Waals surface area contributed by atoms with Crippen molar-refractivity contribution in [1.82, 2.24) is 9.55 Å². The van der Waals surface area contributed by atoms with Crippen molar-refractivity contribution in [2.24, 2.45) is 5.41 Å². The lowest BCUT2D eigenvalue weighted by molar-refractivity contribution is -0.113. The highest BCUT2D eigenvalue weighted by molar-refractivity contribution is 5.43. The van der Waals surface area contributed by atoms with Gasteiger partial charge in [0, 0.05) is 5.56 Å². The Balaban J connectivity index is 2.25. The minimum absolute atomic E-state index is 0.103. The van der Waals surface area contributed by atoms with Gasteiger partial charge >= 0.3 is 0 Å². The molecule has 2 aromatic rings. The number of nitrogens with zero attached hydrogens (tertiary/aromatic N) is 2. The van der Waals surface area contributed by atoms with Crippen LogP contribution in [-0.2, 0) is 5.92 Å². The van der Waals surface area contributed by atoms with E-state index in [4.69, 9.17) is 0 Å². The van der Waals surface area contributed by atoms with E-state index in [-0.39, 0.29) is 11.3 Å². The Bertz CT molecular complexity index is 676. The summed E-state index contributed by atoms with van der Waals surface area (Å²) < 4.78 is 56.7. The van der Waals surface area contributed by atoms with Crippen LogP contribution in [0.3, 0.4) is 0 Å². The standard InChI is InChI=1S/C15H14F4N2/c1-14(2)12(21-8-20-7-11(21)13(16)17)9-5-3-4-6-10(9)15(14,18)19/h3-8,12-13H,1-2H3/t12-/m0/s1. The Morgan fingerprint density at radius 2 is 1.86 bits per heavy atom. The molecule has 3 rings (SSSR count). The second-order valence-corrected chi connectivity index (χ2v) is 5.81. The predicted molar refractivity (Wildman–Crippen MR) is 69.4 cm³/mol. The van der Waals surface area contributed by atoms with Gasteiger partial charge in [-0.25, -0.2) is 22.5 Å². The van der Waals surface area contributed by atoms with Gasteiger partial charge in [0.2, 0.25) is 0 Å². The third-order valence-corrected chi connectivity index (χ3v) is 4.28. The summed E-state index contributed by atoms with van der Waals surface area (Å²) in [5.41, 5.74) is -1.61. The van der Waals surface area contributed by atoms with Gasteiger partial charge in [0.15, 0.2) is 0 Å². The molecule has 112 valence electrons. The van der Waals surface area contributed by atoms with Crippen molar-refractivity contribution >= 4 is 0 Å². The van der Waals surface area contributed by atoms with E-state index in [0.717, 1.165) is 6.20 Å². The highest BCUT2D eigenvalue weighted by atomic mass is 19.3. The van der Waals surface area contributed by atoms with Gasteiger partial charge in [0.1, 0.15) is 5.69 Å².